The van der Waals surface area contributed by atoms with Gasteiger partial charge in [-0.3, -0.25) is 14.4 Å². The van der Waals surface area contributed by atoms with E-state index in [0.29, 0.717) is 17.9 Å². The van der Waals surface area contributed by atoms with Crippen LogP contribution in [0.5, 0.6) is 5.75 Å². The van der Waals surface area contributed by atoms with E-state index in [1.54, 1.807) is 7.11 Å². The number of aromatic nitrogens is 3. The van der Waals surface area contributed by atoms with Crippen LogP contribution in [0.1, 0.15) is 12.8 Å². The van der Waals surface area contributed by atoms with Gasteiger partial charge in [0.2, 0.25) is 5.91 Å². The first-order chi connectivity index (χ1) is 18.1. The fourth-order valence-electron chi connectivity index (χ4n) is 6.33. The SMILES string of the molecule is COc1ccccc1N1CCN(C(=O)[C@@H]2CN3CC[C@@H]2C[C@@H]3Cn2cc(-c3cccc(N)c3)nn2)CC1. The number of hydrogen-bond acceptors (Lipinski definition) is 7. The number of benzene rings is 2. The summed E-state index contributed by atoms with van der Waals surface area (Å²) in [5.74, 6) is 1.75. The van der Waals surface area contributed by atoms with Crippen LogP contribution in [-0.2, 0) is 11.3 Å². The van der Waals surface area contributed by atoms with Gasteiger partial charge in [0.1, 0.15) is 11.4 Å². The van der Waals surface area contributed by atoms with Crippen molar-refractivity contribution in [3.63, 3.8) is 0 Å². The average Bonchev–Trinajstić information content (AvgIpc) is 3.41. The van der Waals surface area contributed by atoms with Gasteiger partial charge in [0.05, 0.1) is 31.5 Å². The molecule has 37 heavy (non-hydrogen) atoms. The number of methoxy groups -OCH3 is 1. The molecule has 4 atom stereocenters. The molecule has 2 N–H and O–H groups in total. The Bertz CT molecular complexity index is 1250. The third kappa shape index (κ3) is 4.75. The maximum Gasteiger partial charge on any atom is 0.227 e. The van der Waals surface area contributed by atoms with Crippen molar-refractivity contribution in [1.82, 2.24) is 24.8 Å². The number of hydrogen-bond donors (Lipinski definition) is 1. The van der Waals surface area contributed by atoms with Gasteiger partial charge in [0, 0.05) is 50.0 Å². The van der Waals surface area contributed by atoms with Gasteiger partial charge < -0.3 is 20.3 Å². The van der Waals surface area contributed by atoms with E-state index in [2.05, 4.69) is 31.1 Å². The summed E-state index contributed by atoms with van der Waals surface area (Å²) in [7, 11) is 1.71. The Labute approximate surface area is 217 Å². The van der Waals surface area contributed by atoms with Crippen molar-refractivity contribution in [3.05, 3.63) is 54.7 Å². The summed E-state index contributed by atoms with van der Waals surface area (Å²) in [5.41, 5.74) is 9.57. The third-order valence-electron chi connectivity index (χ3n) is 8.33. The van der Waals surface area contributed by atoms with Crippen LogP contribution in [0.4, 0.5) is 11.4 Å². The molecule has 1 amide bonds. The largest absolute Gasteiger partial charge is 0.495 e. The lowest BCUT2D eigenvalue weighted by Crippen LogP contribution is -2.60. The van der Waals surface area contributed by atoms with Gasteiger partial charge in [0.15, 0.2) is 0 Å². The van der Waals surface area contributed by atoms with Crippen molar-refractivity contribution < 1.29 is 9.53 Å². The lowest BCUT2D eigenvalue weighted by molar-refractivity contribution is -0.144. The quantitative estimate of drug-likeness (QED) is 0.519. The Morgan fingerprint density at radius 2 is 1.92 bits per heavy atom. The third-order valence-corrected chi connectivity index (χ3v) is 8.33. The smallest absolute Gasteiger partial charge is 0.227 e. The average molecular weight is 502 g/mol. The highest BCUT2D eigenvalue weighted by Crippen LogP contribution is 2.38. The normalized spacial score (nSPS) is 25.3. The highest BCUT2D eigenvalue weighted by Gasteiger charge is 2.44. The minimum atomic E-state index is 0.0985. The number of rotatable bonds is 6. The molecule has 0 spiro atoms. The zero-order valence-electron chi connectivity index (χ0n) is 21.4. The number of para-hydroxylation sites is 2. The Morgan fingerprint density at radius 3 is 2.68 bits per heavy atom. The molecule has 7 rings (SSSR count). The Balaban J connectivity index is 1.05. The molecular formula is C28H35N7O2. The first-order valence-corrected chi connectivity index (χ1v) is 13.3. The first-order valence-electron chi connectivity index (χ1n) is 13.3. The van der Waals surface area contributed by atoms with E-state index in [-0.39, 0.29) is 5.92 Å². The monoisotopic (exact) mass is 501 g/mol. The van der Waals surface area contributed by atoms with E-state index in [9.17, 15) is 4.79 Å². The van der Waals surface area contributed by atoms with E-state index in [4.69, 9.17) is 10.5 Å². The van der Waals surface area contributed by atoms with Crippen LogP contribution in [0.15, 0.2) is 54.7 Å². The summed E-state index contributed by atoms with van der Waals surface area (Å²) >= 11 is 0. The van der Waals surface area contributed by atoms with Crippen LogP contribution in [0, 0.1) is 11.8 Å². The lowest BCUT2D eigenvalue weighted by atomic mass is 9.75. The van der Waals surface area contributed by atoms with Gasteiger partial charge in [0.25, 0.3) is 0 Å². The van der Waals surface area contributed by atoms with Gasteiger partial charge in [-0.2, -0.15) is 0 Å². The Hall–Kier alpha value is -3.59. The summed E-state index contributed by atoms with van der Waals surface area (Å²) in [6, 6.07) is 16.2. The zero-order valence-corrected chi connectivity index (χ0v) is 21.4. The van der Waals surface area contributed by atoms with E-state index < -0.39 is 0 Å². The molecule has 0 aliphatic carbocycles. The molecule has 5 heterocycles. The molecule has 2 aromatic carbocycles. The minimum absolute atomic E-state index is 0.0985. The molecule has 1 aromatic heterocycles. The lowest BCUT2D eigenvalue weighted by Gasteiger charge is -2.50. The molecule has 1 unspecified atom stereocenters. The summed E-state index contributed by atoms with van der Waals surface area (Å²) in [6.45, 7) is 5.87. The molecule has 3 aromatic rings. The number of piperidine rings is 3. The summed E-state index contributed by atoms with van der Waals surface area (Å²) in [4.78, 5) is 20.5. The molecule has 9 heteroatoms. The van der Waals surface area contributed by atoms with Crippen LogP contribution >= 0.6 is 0 Å². The first kappa shape index (κ1) is 23.8. The van der Waals surface area contributed by atoms with Crippen LogP contribution in [-0.4, -0.2) is 83.1 Å². The highest BCUT2D eigenvalue weighted by atomic mass is 16.5. The number of fused-ring (bicyclic) bond motifs is 3. The highest BCUT2D eigenvalue weighted by molar-refractivity contribution is 5.80. The van der Waals surface area contributed by atoms with Gasteiger partial charge in [-0.1, -0.05) is 29.5 Å². The second kappa shape index (κ2) is 10.0. The van der Waals surface area contributed by atoms with E-state index in [1.807, 2.05) is 53.3 Å². The van der Waals surface area contributed by atoms with Crippen LogP contribution in [0.2, 0.25) is 0 Å². The fraction of sp³-hybridized carbons (Fsp3) is 0.464. The molecule has 194 valence electrons. The van der Waals surface area contributed by atoms with Gasteiger partial charge in [-0.15, -0.1) is 5.10 Å². The predicted molar refractivity (Wildman–Crippen MR) is 143 cm³/mol. The van der Waals surface area contributed by atoms with Crippen molar-refractivity contribution in [3.8, 4) is 17.0 Å². The maximum atomic E-state index is 13.6. The van der Waals surface area contributed by atoms with Crippen LogP contribution in [0.25, 0.3) is 11.3 Å². The summed E-state index contributed by atoms with van der Waals surface area (Å²) in [6.07, 6.45) is 4.13. The second-order valence-electron chi connectivity index (χ2n) is 10.5. The number of carbonyl (C=O) groups is 1. The molecule has 2 bridgehead atoms. The molecule has 0 saturated carbocycles. The summed E-state index contributed by atoms with van der Waals surface area (Å²) in [5, 5.41) is 8.75. The topological polar surface area (TPSA) is 92.8 Å². The number of piperazine rings is 1. The number of anilines is 2. The number of nitrogen functional groups attached to an aromatic ring is 1. The maximum absolute atomic E-state index is 13.6. The molecule has 0 radical (unpaired) electrons. The number of carbonyl (C=O) groups excluding carboxylic acids is 1. The van der Waals surface area contributed by atoms with Gasteiger partial charge in [-0.05, 0) is 49.6 Å². The van der Waals surface area contributed by atoms with E-state index >= 15 is 0 Å². The number of amides is 1. The number of nitrogens with two attached hydrogens (primary N) is 1. The van der Waals surface area contributed by atoms with Crippen molar-refractivity contribution in [1.29, 1.82) is 0 Å². The Morgan fingerprint density at radius 1 is 1.08 bits per heavy atom. The van der Waals surface area contributed by atoms with Crippen LogP contribution in [0.3, 0.4) is 0 Å². The Kier molecular flexibility index (Phi) is 6.46. The summed E-state index contributed by atoms with van der Waals surface area (Å²) < 4.78 is 7.48. The number of ether oxygens (including phenoxy) is 1. The van der Waals surface area contributed by atoms with Crippen molar-refractivity contribution >= 4 is 17.3 Å². The number of nitrogens with zero attached hydrogens (tertiary/aromatic N) is 6. The molecule has 9 nitrogen and oxygen atoms in total. The van der Waals surface area contributed by atoms with Gasteiger partial charge >= 0.3 is 0 Å². The fourth-order valence-corrected chi connectivity index (χ4v) is 6.33. The molecular weight excluding hydrogens is 466 g/mol. The second-order valence-corrected chi connectivity index (χ2v) is 10.5. The molecule has 4 saturated heterocycles. The van der Waals surface area contributed by atoms with E-state index in [1.165, 1.54) is 0 Å². The standard InChI is InChI=1S/C28H35N7O2/c1-37-27-8-3-2-7-26(27)32-11-13-33(14-12-32)28(36)24-18-34-10-9-20(24)16-23(34)17-35-19-25(30-31-35)21-5-4-6-22(29)15-21/h2-8,15,19-20,23-24H,9-14,16-18,29H2,1H3/t20-,23-,24-/m1/s1. The molecule has 4 fully saturated rings. The van der Waals surface area contributed by atoms with Crippen LogP contribution < -0.4 is 15.4 Å². The van der Waals surface area contributed by atoms with Crippen molar-refractivity contribution in [2.24, 2.45) is 11.8 Å². The zero-order chi connectivity index (χ0) is 25.4. The molecule has 4 aliphatic rings. The van der Waals surface area contributed by atoms with Crippen molar-refractivity contribution in [2.45, 2.75) is 25.4 Å². The van der Waals surface area contributed by atoms with Gasteiger partial charge in [-0.25, -0.2) is 0 Å². The predicted octanol–water partition coefficient (Wildman–Crippen LogP) is 2.60. The molecule has 4 aliphatic heterocycles. The van der Waals surface area contributed by atoms with E-state index in [0.717, 1.165) is 87.0 Å². The minimum Gasteiger partial charge on any atom is -0.495 e. The van der Waals surface area contributed by atoms with Crippen molar-refractivity contribution in [2.75, 3.05) is 57.0 Å².